The molecule has 1 heterocycles. The zero-order valence-electron chi connectivity index (χ0n) is 9.35. The van der Waals surface area contributed by atoms with Crippen molar-refractivity contribution in [3.63, 3.8) is 0 Å². The fourth-order valence-electron chi connectivity index (χ4n) is 1.15. The molecular formula is C12H12FNO2S. The van der Waals surface area contributed by atoms with Gasteiger partial charge in [0.05, 0.1) is 5.56 Å². The van der Waals surface area contributed by atoms with Gasteiger partial charge in [-0.2, -0.15) is 4.39 Å². The first-order valence-corrected chi connectivity index (χ1v) is 6.02. The van der Waals surface area contributed by atoms with Gasteiger partial charge in [0.25, 0.3) is 0 Å². The lowest BCUT2D eigenvalue weighted by atomic mass is 10.2. The van der Waals surface area contributed by atoms with Gasteiger partial charge in [0.15, 0.2) is 11.4 Å². The number of carbonyl (C=O) groups excluding carboxylic acids is 2. The van der Waals surface area contributed by atoms with Crippen LogP contribution in [0.1, 0.15) is 29.3 Å². The molecule has 0 fully saturated rings. The predicted molar refractivity (Wildman–Crippen MR) is 66.4 cm³/mol. The van der Waals surface area contributed by atoms with E-state index in [0.717, 1.165) is 6.42 Å². The highest BCUT2D eigenvalue weighted by Crippen LogP contribution is 2.09. The highest BCUT2D eigenvalue weighted by atomic mass is 32.2. The molecule has 0 aliphatic carbocycles. The molecular weight excluding hydrogens is 241 g/mol. The summed E-state index contributed by atoms with van der Waals surface area (Å²) in [5, 5.41) is 0.0880. The second kappa shape index (κ2) is 6.96. The number of hydrogen-bond acceptors (Lipinski definition) is 4. The molecule has 0 bridgehead atoms. The summed E-state index contributed by atoms with van der Waals surface area (Å²) >= 11 is 1.25. The number of thioether (sulfide) groups is 1. The van der Waals surface area contributed by atoms with Crippen LogP contribution in [-0.2, 0) is 4.79 Å². The summed E-state index contributed by atoms with van der Waals surface area (Å²) in [5.74, 6) is -0.0506. The Morgan fingerprint density at radius 1 is 1.59 bits per heavy atom. The minimum absolute atomic E-state index is 0.0507. The standard InChI is InChI=1S/C12H12FNO2S/c1-9(16)17-5-3-2-4-10-6-11(8-15)12(13)14-7-10/h2,4,6-8H,3,5H2,1H3. The summed E-state index contributed by atoms with van der Waals surface area (Å²) in [4.78, 5) is 24.6. The average molecular weight is 253 g/mol. The van der Waals surface area contributed by atoms with Crippen LogP contribution in [0.3, 0.4) is 0 Å². The van der Waals surface area contributed by atoms with E-state index in [2.05, 4.69) is 4.98 Å². The van der Waals surface area contributed by atoms with Gasteiger partial charge in [0, 0.05) is 18.9 Å². The monoisotopic (exact) mass is 253 g/mol. The van der Waals surface area contributed by atoms with Crippen LogP contribution in [0.25, 0.3) is 6.08 Å². The van der Waals surface area contributed by atoms with Gasteiger partial charge in [-0.05, 0) is 18.1 Å². The minimum atomic E-state index is -0.760. The van der Waals surface area contributed by atoms with E-state index in [1.54, 1.807) is 6.08 Å². The second-order valence-corrected chi connectivity index (χ2v) is 4.57. The van der Waals surface area contributed by atoms with Gasteiger partial charge >= 0.3 is 0 Å². The molecule has 0 amide bonds. The van der Waals surface area contributed by atoms with Crippen LogP contribution in [0, 0.1) is 5.95 Å². The van der Waals surface area contributed by atoms with E-state index in [-0.39, 0.29) is 10.7 Å². The molecule has 0 saturated heterocycles. The molecule has 1 rings (SSSR count). The lowest BCUT2D eigenvalue weighted by Gasteiger charge is -1.96. The second-order valence-electron chi connectivity index (χ2n) is 3.30. The number of pyridine rings is 1. The normalized spacial score (nSPS) is 10.7. The maximum Gasteiger partial charge on any atom is 0.223 e. The van der Waals surface area contributed by atoms with Crippen LogP contribution in [0.5, 0.6) is 0 Å². The van der Waals surface area contributed by atoms with Crippen molar-refractivity contribution in [2.24, 2.45) is 0 Å². The SMILES string of the molecule is CC(=O)SCCC=Cc1cnc(F)c(C=O)c1. The summed E-state index contributed by atoms with van der Waals surface area (Å²) in [6.07, 6.45) is 6.14. The van der Waals surface area contributed by atoms with Crippen molar-refractivity contribution in [1.82, 2.24) is 4.98 Å². The number of aromatic nitrogens is 1. The Bertz CT molecular complexity index is 446. The smallest absolute Gasteiger partial charge is 0.223 e. The topological polar surface area (TPSA) is 47.0 Å². The number of hydrogen-bond donors (Lipinski definition) is 0. The predicted octanol–water partition coefficient (Wildman–Crippen LogP) is 2.72. The van der Waals surface area contributed by atoms with Gasteiger partial charge in [0.1, 0.15) is 0 Å². The first-order chi connectivity index (χ1) is 8.13. The summed E-state index contributed by atoms with van der Waals surface area (Å²) in [6.45, 7) is 1.52. The van der Waals surface area contributed by atoms with E-state index < -0.39 is 5.95 Å². The lowest BCUT2D eigenvalue weighted by Crippen LogP contribution is -1.92. The molecule has 1 aromatic heterocycles. The molecule has 0 aliphatic rings. The third-order valence-corrected chi connectivity index (χ3v) is 2.76. The lowest BCUT2D eigenvalue weighted by molar-refractivity contribution is -0.109. The molecule has 0 atom stereocenters. The Labute approximate surface area is 103 Å². The molecule has 3 nitrogen and oxygen atoms in total. The van der Waals surface area contributed by atoms with Crippen molar-refractivity contribution in [1.29, 1.82) is 0 Å². The van der Waals surface area contributed by atoms with Crippen LogP contribution >= 0.6 is 11.8 Å². The van der Waals surface area contributed by atoms with E-state index in [9.17, 15) is 14.0 Å². The van der Waals surface area contributed by atoms with Gasteiger partial charge in [-0.1, -0.05) is 23.9 Å². The van der Waals surface area contributed by atoms with Crippen LogP contribution in [-0.4, -0.2) is 22.1 Å². The Morgan fingerprint density at radius 2 is 2.35 bits per heavy atom. The summed E-state index contributed by atoms with van der Waals surface area (Å²) < 4.78 is 12.9. The molecule has 0 saturated carbocycles. The highest BCUT2D eigenvalue weighted by Gasteiger charge is 2.01. The van der Waals surface area contributed by atoms with E-state index in [4.69, 9.17) is 0 Å². The average Bonchev–Trinajstić information content (AvgIpc) is 2.30. The van der Waals surface area contributed by atoms with Gasteiger partial charge in [-0.15, -0.1) is 0 Å². The Balaban J connectivity index is 2.53. The first-order valence-electron chi connectivity index (χ1n) is 5.04. The summed E-state index contributed by atoms with van der Waals surface area (Å²) in [5.41, 5.74) is 0.617. The molecule has 0 N–H and O–H groups in total. The van der Waals surface area contributed by atoms with Crippen LogP contribution in [0.2, 0.25) is 0 Å². The van der Waals surface area contributed by atoms with Gasteiger partial charge in [-0.25, -0.2) is 4.98 Å². The number of allylic oxidation sites excluding steroid dienone is 1. The van der Waals surface area contributed by atoms with Crippen molar-refractivity contribution in [2.45, 2.75) is 13.3 Å². The van der Waals surface area contributed by atoms with Gasteiger partial charge in [-0.3, -0.25) is 9.59 Å². The minimum Gasteiger partial charge on any atom is -0.298 e. The Hall–Kier alpha value is -1.49. The van der Waals surface area contributed by atoms with Gasteiger partial charge in [0.2, 0.25) is 5.95 Å². The van der Waals surface area contributed by atoms with Gasteiger partial charge < -0.3 is 0 Å². The first kappa shape index (κ1) is 13.6. The zero-order valence-corrected chi connectivity index (χ0v) is 10.2. The molecule has 90 valence electrons. The number of aldehydes is 1. The van der Waals surface area contributed by atoms with Crippen LogP contribution in [0.15, 0.2) is 18.3 Å². The highest BCUT2D eigenvalue weighted by molar-refractivity contribution is 8.13. The molecule has 0 unspecified atom stereocenters. The van der Waals surface area contributed by atoms with Crippen LogP contribution < -0.4 is 0 Å². The Morgan fingerprint density at radius 3 is 3.00 bits per heavy atom. The maximum absolute atomic E-state index is 12.9. The Kier molecular flexibility index (Phi) is 5.56. The molecule has 17 heavy (non-hydrogen) atoms. The molecule has 0 aliphatic heterocycles. The fourth-order valence-corrected chi connectivity index (χ4v) is 1.69. The van der Waals surface area contributed by atoms with E-state index in [1.165, 1.54) is 30.9 Å². The molecule has 0 aromatic carbocycles. The molecule has 1 aromatic rings. The van der Waals surface area contributed by atoms with Crippen molar-refractivity contribution in [3.8, 4) is 0 Å². The number of rotatable bonds is 5. The summed E-state index contributed by atoms with van der Waals surface area (Å²) in [6, 6.07) is 1.43. The largest absolute Gasteiger partial charge is 0.298 e. The quantitative estimate of drug-likeness (QED) is 0.460. The number of carbonyl (C=O) groups is 2. The maximum atomic E-state index is 12.9. The zero-order chi connectivity index (χ0) is 12.7. The van der Waals surface area contributed by atoms with E-state index in [1.807, 2.05) is 6.08 Å². The third-order valence-electron chi connectivity index (χ3n) is 1.91. The van der Waals surface area contributed by atoms with Crippen molar-refractivity contribution >= 4 is 29.2 Å². The third kappa shape index (κ3) is 4.91. The molecule has 0 spiro atoms. The van der Waals surface area contributed by atoms with Crippen molar-refractivity contribution in [2.75, 3.05) is 5.75 Å². The van der Waals surface area contributed by atoms with E-state index >= 15 is 0 Å². The van der Waals surface area contributed by atoms with E-state index in [0.29, 0.717) is 17.6 Å². The van der Waals surface area contributed by atoms with Crippen molar-refractivity contribution in [3.05, 3.63) is 35.4 Å². The number of halogens is 1. The number of nitrogens with zero attached hydrogens (tertiary/aromatic N) is 1. The van der Waals surface area contributed by atoms with Crippen LogP contribution in [0.4, 0.5) is 4.39 Å². The summed E-state index contributed by atoms with van der Waals surface area (Å²) in [7, 11) is 0. The molecule has 0 radical (unpaired) electrons. The van der Waals surface area contributed by atoms with Crippen molar-refractivity contribution < 1.29 is 14.0 Å². The fraction of sp³-hybridized carbons (Fsp3) is 0.250. The molecule has 5 heteroatoms.